The van der Waals surface area contributed by atoms with Crippen molar-refractivity contribution in [3.63, 3.8) is 0 Å². The van der Waals surface area contributed by atoms with E-state index in [2.05, 4.69) is 4.74 Å². The first kappa shape index (κ1) is 15.2. The number of rotatable bonds is 4. The summed E-state index contributed by atoms with van der Waals surface area (Å²) in [6.07, 6.45) is 0. The maximum Gasteiger partial charge on any atom is 0.267 e. The van der Waals surface area contributed by atoms with Crippen LogP contribution in [-0.2, 0) is 10.0 Å². The average Bonchev–Trinajstić information content (AvgIpc) is 2.37. The molecule has 0 spiro atoms. The summed E-state index contributed by atoms with van der Waals surface area (Å²) in [5.74, 6) is -3.38. The van der Waals surface area contributed by atoms with E-state index >= 15 is 0 Å². The maximum atomic E-state index is 13.5. The van der Waals surface area contributed by atoms with Crippen molar-refractivity contribution >= 4 is 15.7 Å². The van der Waals surface area contributed by atoms with Crippen molar-refractivity contribution in [3.8, 4) is 5.75 Å². The summed E-state index contributed by atoms with van der Waals surface area (Å²) in [7, 11) is -3.27. The number of hydrogen-bond acceptors (Lipinski definition) is 3. The molecule has 1 N–H and O–H groups in total. The fourth-order valence-electron chi connectivity index (χ4n) is 1.68. The first-order chi connectivity index (χ1) is 9.85. The van der Waals surface area contributed by atoms with Gasteiger partial charge in [0, 0.05) is 6.07 Å². The van der Waals surface area contributed by atoms with E-state index in [0.717, 1.165) is 24.3 Å². The molecule has 2 aromatic carbocycles. The van der Waals surface area contributed by atoms with Crippen LogP contribution in [0.3, 0.4) is 0 Å². The van der Waals surface area contributed by atoms with E-state index in [1.807, 2.05) is 4.72 Å². The van der Waals surface area contributed by atoms with Gasteiger partial charge in [0.05, 0.1) is 12.8 Å². The molecule has 8 heteroatoms. The molecule has 0 bridgehead atoms. The third-order valence-electron chi connectivity index (χ3n) is 2.59. The normalized spacial score (nSPS) is 11.2. The summed E-state index contributed by atoms with van der Waals surface area (Å²) >= 11 is 0. The molecule has 0 unspecified atom stereocenters. The van der Waals surface area contributed by atoms with Crippen LogP contribution in [-0.4, -0.2) is 15.5 Å². The van der Waals surface area contributed by atoms with Crippen LogP contribution in [0, 0.1) is 17.5 Å². The highest BCUT2D eigenvalue weighted by Gasteiger charge is 2.24. The Bertz CT molecular complexity index is 758. The van der Waals surface area contributed by atoms with Gasteiger partial charge >= 0.3 is 0 Å². The number of ether oxygens (including phenoxy) is 1. The molecule has 2 rings (SSSR count). The number of hydrogen-bond donors (Lipinski definition) is 1. The van der Waals surface area contributed by atoms with Crippen LogP contribution in [0.2, 0.25) is 0 Å². The highest BCUT2D eigenvalue weighted by Crippen LogP contribution is 2.25. The lowest BCUT2D eigenvalue weighted by atomic mass is 10.3. The van der Waals surface area contributed by atoms with Crippen molar-refractivity contribution in [1.82, 2.24) is 0 Å². The van der Waals surface area contributed by atoms with Gasteiger partial charge in [-0.2, -0.15) is 0 Å². The predicted molar refractivity (Wildman–Crippen MR) is 70.1 cm³/mol. The minimum absolute atomic E-state index is 0.0879. The van der Waals surface area contributed by atoms with Crippen LogP contribution >= 0.6 is 0 Å². The van der Waals surface area contributed by atoms with E-state index in [4.69, 9.17) is 0 Å². The Morgan fingerprint density at radius 3 is 2.14 bits per heavy atom. The van der Waals surface area contributed by atoms with Crippen molar-refractivity contribution < 1.29 is 26.3 Å². The lowest BCUT2D eigenvalue weighted by molar-refractivity contribution is 0.386. The molecule has 0 aliphatic rings. The third kappa shape index (κ3) is 3.10. The number of nitrogens with one attached hydrogen (secondary N) is 1. The van der Waals surface area contributed by atoms with E-state index < -0.39 is 32.4 Å². The second-order valence-corrected chi connectivity index (χ2v) is 5.62. The molecular formula is C13H10F3NO3S. The minimum Gasteiger partial charge on any atom is -0.494 e. The Morgan fingerprint density at radius 1 is 1.00 bits per heavy atom. The SMILES string of the molecule is COc1ccc(NS(=O)(=O)c2c(F)cccc2F)cc1F. The molecule has 112 valence electrons. The molecule has 21 heavy (non-hydrogen) atoms. The summed E-state index contributed by atoms with van der Waals surface area (Å²) in [6, 6.07) is 5.90. The highest BCUT2D eigenvalue weighted by atomic mass is 32.2. The topological polar surface area (TPSA) is 55.4 Å². The number of benzene rings is 2. The lowest BCUT2D eigenvalue weighted by Gasteiger charge is -2.10. The smallest absolute Gasteiger partial charge is 0.267 e. The van der Waals surface area contributed by atoms with Crippen LogP contribution in [0.25, 0.3) is 0 Å². The Balaban J connectivity index is 2.40. The molecule has 0 heterocycles. The molecule has 0 fully saturated rings. The van der Waals surface area contributed by atoms with Crippen molar-refractivity contribution in [2.24, 2.45) is 0 Å². The van der Waals surface area contributed by atoms with Gasteiger partial charge in [0.1, 0.15) is 11.6 Å². The van der Waals surface area contributed by atoms with Gasteiger partial charge in [-0.1, -0.05) is 6.07 Å². The molecule has 2 aromatic rings. The van der Waals surface area contributed by atoms with Crippen molar-refractivity contribution in [2.75, 3.05) is 11.8 Å². The molecular weight excluding hydrogens is 307 g/mol. The minimum atomic E-state index is -4.52. The first-order valence-electron chi connectivity index (χ1n) is 5.65. The summed E-state index contributed by atoms with van der Waals surface area (Å²) in [4.78, 5) is -1.12. The third-order valence-corrected chi connectivity index (χ3v) is 4.02. The van der Waals surface area contributed by atoms with E-state index in [1.165, 1.54) is 19.2 Å². The molecule has 0 aliphatic heterocycles. The Hall–Kier alpha value is -2.22. The van der Waals surface area contributed by atoms with Crippen molar-refractivity contribution in [2.45, 2.75) is 4.90 Å². The predicted octanol–water partition coefficient (Wildman–Crippen LogP) is 2.91. The molecule has 0 amide bonds. The van der Waals surface area contributed by atoms with Gasteiger partial charge in [-0.25, -0.2) is 21.6 Å². The van der Waals surface area contributed by atoms with Crippen molar-refractivity contribution in [1.29, 1.82) is 0 Å². The van der Waals surface area contributed by atoms with Crippen molar-refractivity contribution in [3.05, 3.63) is 53.8 Å². The van der Waals surface area contributed by atoms with Gasteiger partial charge in [0.2, 0.25) is 0 Å². The van der Waals surface area contributed by atoms with Gasteiger partial charge in [-0.05, 0) is 24.3 Å². The fourth-order valence-corrected chi connectivity index (χ4v) is 2.86. The second kappa shape index (κ2) is 5.65. The van der Waals surface area contributed by atoms with Crippen LogP contribution < -0.4 is 9.46 Å². The van der Waals surface area contributed by atoms with Crippen LogP contribution in [0.4, 0.5) is 18.9 Å². The first-order valence-corrected chi connectivity index (χ1v) is 7.14. The Labute approximate surface area is 119 Å². The zero-order chi connectivity index (χ0) is 15.6. The van der Waals surface area contributed by atoms with Gasteiger partial charge < -0.3 is 4.74 Å². The maximum absolute atomic E-state index is 13.5. The van der Waals surface area contributed by atoms with Gasteiger partial charge in [-0.15, -0.1) is 0 Å². The Morgan fingerprint density at radius 2 is 1.62 bits per heavy atom. The number of anilines is 1. The molecule has 0 aliphatic carbocycles. The summed E-state index contributed by atoms with van der Waals surface area (Å²) in [6.45, 7) is 0. The molecule has 0 radical (unpaired) electrons. The number of methoxy groups -OCH3 is 1. The molecule has 4 nitrogen and oxygen atoms in total. The van der Waals surface area contributed by atoms with Gasteiger partial charge in [0.15, 0.2) is 16.5 Å². The monoisotopic (exact) mass is 317 g/mol. The second-order valence-electron chi connectivity index (χ2n) is 4.01. The summed E-state index contributed by atoms with van der Waals surface area (Å²) < 4.78 is 71.0. The van der Waals surface area contributed by atoms with E-state index in [-0.39, 0.29) is 11.4 Å². The molecule has 0 saturated heterocycles. The van der Waals surface area contributed by atoms with Gasteiger partial charge in [-0.3, -0.25) is 4.72 Å². The molecule has 0 atom stereocenters. The molecule has 0 aromatic heterocycles. The van der Waals surface area contributed by atoms with E-state index in [9.17, 15) is 21.6 Å². The van der Waals surface area contributed by atoms with Crippen LogP contribution in [0.1, 0.15) is 0 Å². The van der Waals surface area contributed by atoms with Gasteiger partial charge in [0.25, 0.3) is 10.0 Å². The average molecular weight is 317 g/mol. The van der Waals surface area contributed by atoms with Crippen LogP contribution in [0.5, 0.6) is 5.75 Å². The summed E-state index contributed by atoms with van der Waals surface area (Å²) in [5.41, 5.74) is -0.184. The Kier molecular flexibility index (Phi) is 4.08. The quantitative estimate of drug-likeness (QED) is 0.943. The molecule has 0 saturated carbocycles. The number of halogens is 3. The fraction of sp³-hybridized carbons (Fsp3) is 0.0769. The highest BCUT2D eigenvalue weighted by molar-refractivity contribution is 7.92. The number of sulfonamides is 1. The zero-order valence-corrected chi connectivity index (χ0v) is 11.5. The van der Waals surface area contributed by atoms with Crippen LogP contribution in [0.15, 0.2) is 41.3 Å². The van der Waals surface area contributed by atoms with E-state index in [1.54, 1.807) is 0 Å². The summed E-state index contributed by atoms with van der Waals surface area (Å²) in [5, 5.41) is 0. The largest absolute Gasteiger partial charge is 0.494 e. The standard InChI is InChI=1S/C13H10F3NO3S/c1-20-12-6-5-8(7-11(12)16)17-21(18,19)13-9(14)3-2-4-10(13)15/h2-7,17H,1H3. The lowest BCUT2D eigenvalue weighted by Crippen LogP contribution is -2.16. The zero-order valence-electron chi connectivity index (χ0n) is 10.7. The van der Waals surface area contributed by atoms with E-state index in [0.29, 0.717) is 0 Å².